The van der Waals surface area contributed by atoms with Gasteiger partial charge in [-0.1, -0.05) is 0 Å². The van der Waals surface area contributed by atoms with Gasteiger partial charge in [-0.05, 0) is 53.9 Å². The molecule has 56 heavy (non-hydrogen) atoms. The summed E-state index contributed by atoms with van der Waals surface area (Å²) in [5, 5.41) is 75.9. The minimum absolute atomic E-state index is 0. The van der Waals surface area contributed by atoms with E-state index in [1.165, 1.54) is 36.4 Å². The van der Waals surface area contributed by atoms with Gasteiger partial charge in [0.25, 0.3) is 11.4 Å². The van der Waals surface area contributed by atoms with E-state index < -0.39 is 79.1 Å². The van der Waals surface area contributed by atoms with Crippen LogP contribution in [0.25, 0.3) is 10.8 Å². The van der Waals surface area contributed by atoms with Crippen LogP contribution in [0, 0.1) is 30.3 Å². The molecule has 23 nitrogen and oxygen atoms in total. The second kappa shape index (κ2) is 21.0. The summed E-state index contributed by atoms with van der Waals surface area (Å²) in [7, 11) is -10.0. The number of nitrogen functional groups attached to an aromatic ring is 2. The Hall–Kier alpha value is -4.70. The van der Waals surface area contributed by atoms with E-state index in [0.29, 0.717) is 17.8 Å². The summed E-state index contributed by atoms with van der Waals surface area (Å²) in [4.78, 5) is 26.8. The maximum absolute atomic E-state index is 11.4. The molecular formula is C28H21FeN7Na2O16S2. The minimum atomic E-state index is -5.02. The van der Waals surface area contributed by atoms with E-state index >= 15 is 0 Å². The number of azo groups is 1. The molecule has 0 aliphatic rings. The van der Waals surface area contributed by atoms with E-state index in [9.17, 15) is 71.6 Å². The molecule has 0 atom stereocenters. The normalized spacial score (nSPS) is 10.6. The minimum Gasteiger partial charge on any atom is -0.744 e. The van der Waals surface area contributed by atoms with Gasteiger partial charge in [-0.25, -0.2) is 16.8 Å². The van der Waals surface area contributed by atoms with Crippen LogP contribution in [0.1, 0.15) is 0 Å². The summed E-state index contributed by atoms with van der Waals surface area (Å²) in [6.45, 7) is 0. The van der Waals surface area contributed by atoms with Crippen molar-refractivity contribution in [3.63, 3.8) is 0 Å². The molecule has 286 valence electrons. The fourth-order valence-corrected chi connectivity index (χ4v) is 5.01. The fraction of sp³-hybridized carbons (Fsp3) is 0. The Bertz CT molecular complexity index is 2530. The number of rotatable bonds is 7. The fourth-order valence-electron chi connectivity index (χ4n) is 3.95. The predicted octanol–water partition coefficient (Wildman–Crippen LogP) is -1.85. The molecule has 8 N–H and O–H groups in total. The van der Waals surface area contributed by atoms with E-state index in [2.05, 4.69) is 10.2 Å². The number of phenols is 4. The van der Waals surface area contributed by atoms with Crippen LogP contribution in [0.3, 0.4) is 0 Å². The Kier molecular flexibility index (Phi) is 19.2. The second-order valence-corrected chi connectivity index (χ2v) is 12.8. The van der Waals surface area contributed by atoms with E-state index in [4.69, 9.17) is 16.6 Å². The number of non-ortho nitro benzene ring substituents is 2. The van der Waals surface area contributed by atoms with Gasteiger partial charge in [0.05, 0.1) is 47.4 Å². The van der Waals surface area contributed by atoms with Gasteiger partial charge in [0.15, 0.2) is 0 Å². The number of benzene rings is 5. The Morgan fingerprint density at radius 2 is 1.09 bits per heavy atom. The van der Waals surface area contributed by atoms with E-state index in [1.807, 2.05) is 0 Å². The number of nitrogens with two attached hydrogens (primary N) is 2. The molecule has 0 unspecified atom stereocenters. The zero-order valence-corrected chi connectivity index (χ0v) is 35.0. The first-order chi connectivity index (χ1) is 24.5. The molecule has 5 rings (SSSR count). The number of anilines is 2. The van der Waals surface area contributed by atoms with Crippen molar-refractivity contribution < 1.29 is 137 Å². The van der Waals surface area contributed by atoms with Crippen molar-refractivity contribution in [2.24, 2.45) is 10.2 Å². The maximum atomic E-state index is 11.4. The summed E-state index contributed by atoms with van der Waals surface area (Å²) in [6.07, 6.45) is 0. The van der Waals surface area contributed by atoms with Crippen molar-refractivity contribution in [2.45, 2.75) is 9.79 Å². The van der Waals surface area contributed by atoms with E-state index in [1.54, 1.807) is 0 Å². The molecule has 5 aromatic rings. The first kappa shape index (κ1) is 51.3. The van der Waals surface area contributed by atoms with Crippen LogP contribution < -0.4 is 70.6 Å². The SMILES string of the molecule is Nc1cc([N+](=O)[O-])cc([N+](=O)[O-])c1O.Nc1ccc([N+](=O)[O-])cc1.O=S(=O)([O-])c1cc(O)c2c(N=Nc3ccc(O)cc3O)cc(S(=O)(=O)[O-])cc2c1.[Fe].[Na+].[Na+]. The molecule has 0 heterocycles. The van der Waals surface area contributed by atoms with Crippen LogP contribution in [-0.2, 0) is 37.3 Å². The van der Waals surface area contributed by atoms with Gasteiger partial charge < -0.3 is 41.0 Å². The van der Waals surface area contributed by atoms with Gasteiger partial charge in [0.1, 0.15) is 43.2 Å². The molecule has 0 aromatic heterocycles. The molecule has 0 radical (unpaired) electrons. The molecule has 28 heteroatoms. The molecular weight excluding hydrogens is 856 g/mol. The smallest absolute Gasteiger partial charge is 0.744 e. The van der Waals surface area contributed by atoms with Crippen molar-refractivity contribution in [3.8, 4) is 23.0 Å². The van der Waals surface area contributed by atoms with Gasteiger partial charge in [0.2, 0.25) is 5.75 Å². The van der Waals surface area contributed by atoms with Crippen molar-refractivity contribution in [1.82, 2.24) is 0 Å². The zero-order chi connectivity index (χ0) is 40.0. The number of nitro benzene ring substituents is 3. The van der Waals surface area contributed by atoms with Gasteiger partial charge >= 0.3 is 64.8 Å². The van der Waals surface area contributed by atoms with Gasteiger partial charge in [-0.3, -0.25) is 30.3 Å². The van der Waals surface area contributed by atoms with Crippen molar-refractivity contribution in [1.29, 1.82) is 0 Å². The monoisotopic (exact) mass is 877 g/mol. The third kappa shape index (κ3) is 13.8. The van der Waals surface area contributed by atoms with Gasteiger partial charge in [-0.15, -0.1) is 10.2 Å². The Morgan fingerprint density at radius 1 is 0.589 bits per heavy atom. The average Bonchev–Trinajstić information content (AvgIpc) is 3.05. The quantitative estimate of drug-likeness (QED) is 0.0199. The molecule has 0 aliphatic carbocycles. The zero-order valence-electron chi connectivity index (χ0n) is 28.3. The first-order valence-corrected chi connectivity index (χ1v) is 16.4. The van der Waals surface area contributed by atoms with Crippen LogP contribution in [-0.4, -0.2) is 61.1 Å². The topological polar surface area (TPSA) is 402 Å². The largest absolute Gasteiger partial charge is 1.00 e. The summed E-state index contributed by atoms with van der Waals surface area (Å²) in [5.74, 6) is -2.21. The molecule has 0 bridgehead atoms. The average molecular weight is 877 g/mol. The number of aromatic hydroxyl groups is 4. The van der Waals surface area contributed by atoms with Crippen LogP contribution in [0.4, 0.5) is 39.8 Å². The predicted molar refractivity (Wildman–Crippen MR) is 179 cm³/mol. The van der Waals surface area contributed by atoms with Crippen LogP contribution in [0.15, 0.2) is 98.9 Å². The number of hydrogen-bond acceptors (Lipinski definition) is 20. The third-order valence-electron chi connectivity index (χ3n) is 6.37. The summed E-state index contributed by atoms with van der Waals surface area (Å²) in [5.41, 5.74) is 8.84. The molecule has 0 saturated carbocycles. The van der Waals surface area contributed by atoms with Crippen LogP contribution in [0.5, 0.6) is 23.0 Å². The number of phenolic OH excluding ortho intramolecular Hbond substituents is 4. The van der Waals surface area contributed by atoms with Crippen molar-refractivity contribution in [3.05, 3.63) is 109 Å². The summed E-state index contributed by atoms with van der Waals surface area (Å²) in [6, 6.07) is 13.6. The van der Waals surface area contributed by atoms with Gasteiger partial charge in [0, 0.05) is 47.0 Å². The molecule has 0 aliphatic heterocycles. The van der Waals surface area contributed by atoms with Crippen molar-refractivity contribution in [2.75, 3.05) is 11.5 Å². The second-order valence-electron chi connectivity index (χ2n) is 10.0. The van der Waals surface area contributed by atoms with Crippen LogP contribution >= 0.6 is 0 Å². The number of nitrogens with zero attached hydrogens (tertiary/aromatic N) is 5. The van der Waals surface area contributed by atoms with Gasteiger partial charge in [-0.2, -0.15) is 0 Å². The molecule has 0 fully saturated rings. The molecule has 5 aromatic carbocycles. The summed E-state index contributed by atoms with van der Waals surface area (Å²) >= 11 is 0. The number of nitro groups is 3. The third-order valence-corrected chi connectivity index (χ3v) is 8.00. The van der Waals surface area contributed by atoms with Crippen LogP contribution in [0.2, 0.25) is 0 Å². The summed E-state index contributed by atoms with van der Waals surface area (Å²) < 4.78 is 68.0. The Morgan fingerprint density at radius 3 is 1.55 bits per heavy atom. The molecule has 0 saturated heterocycles. The standard InChI is InChI=1S/C16H12N2O9S2.C6H5N3O5.C6H6N2O2.Fe.2Na/c19-9-1-2-12(14(20)5-9)17-18-13-6-10(28(22,23)24)3-8-4-11(29(25,26)27)7-15(21)16(8)13;7-4-1-3(8(11)12)2-5(6(4)10)9(13)14;7-5-1-3-6(4-2-5)8(9)10;;;/h1-7,19-21H,(H,22,23,24)(H,25,26,27);1-2,10H,7H2;1-4H,7H2;;;/q;;;;2*+1/p-2. The molecule has 0 spiro atoms. The van der Waals surface area contributed by atoms with E-state index in [0.717, 1.165) is 30.3 Å². The molecule has 0 amide bonds. The van der Waals surface area contributed by atoms with E-state index in [-0.39, 0.29) is 110 Å². The number of hydrogen-bond donors (Lipinski definition) is 6. The Balaban J connectivity index is 0.000000934. The first-order valence-electron chi connectivity index (χ1n) is 13.6. The number of fused-ring (bicyclic) bond motifs is 1. The maximum Gasteiger partial charge on any atom is 1.00 e. The van der Waals surface area contributed by atoms with Crippen molar-refractivity contribution >= 4 is 70.8 Å². The Labute approximate surface area is 368 Å².